The maximum atomic E-state index is 14.1. The van der Waals surface area contributed by atoms with Crippen molar-refractivity contribution in [2.24, 2.45) is 0 Å². The summed E-state index contributed by atoms with van der Waals surface area (Å²) in [6.07, 6.45) is -3.05. The van der Waals surface area contributed by atoms with E-state index in [-0.39, 0.29) is 5.91 Å². The van der Waals surface area contributed by atoms with Gasteiger partial charge in [0.05, 0.1) is 34.8 Å². The van der Waals surface area contributed by atoms with Crippen LogP contribution in [0.15, 0.2) is 60.7 Å². The summed E-state index contributed by atoms with van der Waals surface area (Å²) in [4.78, 5) is 23.6. The third-order valence-electron chi connectivity index (χ3n) is 7.09. The molecule has 2 heterocycles. The van der Waals surface area contributed by atoms with E-state index in [9.17, 15) is 18.0 Å². The molecule has 36 heavy (non-hydrogen) atoms. The fraction of sp³-hybridized carbons (Fsp3) is 0.286. The second-order valence-electron chi connectivity index (χ2n) is 9.35. The van der Waals surface area contributed by atoms with Crippen molar-refractivity contribution in [1.82, 2.24) is 14.9 Å². The fourth-order valence-corrected chi connectivity index (χ4v) is 5.15. The molecule has 186 valence electrons. The van der Waals surface area contributed by atoms with Gasteiger partial charge < -0.3 is 14.6 Å². The highest BCUT2D eigenvalue weighted by molar-refractivity contribution is 6.03. The Morgan fingerprint density at radius 1 is 1.08 bits per heavy atom. The molecular formula is C28H26F3N3O2. The van der Waals surface area contributed by atoms with Crippen molar-refractivity contribution in [1.29, 1.82) is 0 Å². The topological polar surface area (TPSA) is 58.2 Å². The monoisotopic (exact) mass is 493 g/mol. The number of rotatable bonds is 4. The van der Waals surface area contributed by atoms with Crippen molar-refractivity contribution in [3.05, 3.63) is 83.2 Å². The Labute approximate surface area is 206 Å². The first-order valence-electron chi connectivity index (χ1n) is 11.8. The van der Waals surface area contributed by atoms with E-state index < -0.39 is 17.3 Å². The van der Waals surface area contributed by atoms with E-state index in [0.29, 0.717) is 41.1 Å². The molecule has 0 saturated carbocycles. The quantitative estimate of drug-likeness (QED) is 0.343. The minimum absolute atomic E-state index is 0.148. The number of benzene rings is 3. The van der Waals surface area contributed by atoms with Crippen LogP contribution in [0.4, 0.5) is 13.2 Å². The van der Waals surface area contributed by atoms with Gasteiger partial charge in [-0.2, -0.15) is 13.2 Å². The average Bonchev–Trinajstić information content (AvgIpc) is 3.47. The van der Waals surface area contributed by atoms with Crippen LogP contribution in [0.3, 0.4) is 0 Å². The molecule has 0 unspecified atom stereocenters. The maximum Gasteiger partial charge on any atom is 0.416 e. The van der Waals surface area contributed by atoms with Crippen molar-refractivity contribution in [2.75, 3.05) is 13.7 Å². The number of H-pyrrole nitrogens is 1. The summed E-state index contributed by atoms with van der Waals surface area (Å²) >= 11 is 0. The Balaban J connectivity index is 1.58. The number of ether oxygens (including phenoxy) is 1. The van der Waals surface area contributed by atoms with Crippen LogP contribution in [0.25, 0.3) is 22.2 Å². The number of hydrogen-bond donors (Lipinski definition) is 1. The number of aromatic amines is 1. The first kappa shape index (κ1) is 23.9. The van der Waals surface area contributed by atoms with Crippen molar-refractivity contribution in [3.8, 4) is 16.9 Å². The molecule has 1 fully saturated rings. The predicted molar refractivity (Wildman–Crippen MR) is 132 cm³/mol. The van der Waals surface area contributed by atoms with Crippen LogP contribution in [-0.4, -0.2) is 34.4 Å². The number of aryl methyl sites for hydroxylation is 1. The van der Waals surface area contributed by atoms with Crippen molar-refractivity contribution < 1.29 is 22.7 Å². The van der Waals surface area contributed by atoms with E-state index in [1.54, 1.807) is 12.0 Å². The highest BCUT2D eigenvalue weighted by Gasteiger charge is 2.44. The third-order valence-corrected chi connectivity index (χ3v) is 7.09. The van der Waals surface area contributed by atoms with Gasteiger partial charge in [-0.25, -0.2) is 4.98 Å². The Morgan fingerprint density at radius 3 is 2.58 bits per heavy atom. The van der Waals surface area contributed by atoms with E-state index in [4.69, 9.17) is 4.74 Å². The molecule has 1 saturated heterocycles. The first-order valence-corrected chi connectivity index (χ1v) is 11.8. The van der Waals surface area contributed by atoms with Gasteiger partial charge in [-0.15, -0.1) is 0 Å². The molecule has 1 aromatic heterocycles. The van der Waals surface area contributed by atoms with E-state index >= 15 is 0 Å². The molecule has 0 bridgehead atoms. The maximum absolute atomic E-state index is 14.1. The van der Waals surface area contributed by atoms with Crippen molar-refractivity contribution in [3.63, 3.8) is 0 Å². The standard InChI is InChI=1S/C28H26F3N3O2/c1-17-8-6-10-20(19-9-4-5-11-23(19)36-3)24(17)25(35)34-15-7-14-27(34,2)26-32-21-13-12-18(28(29,30)31)16-22(21)33-26/h4-6,8-13,16H,7,14-15H2,1-3H3,(H,32,33)/t27-/m0/s1. The van der Waals surface area contributed by atoms with E-state index in [2.05, 4.69) is 9.97 Å². The Morgan fingerprint density at radius 2 is 1.83 bits per heavy atom. The summed E-state index contributed by atoms with van der Waals surface area (Å²) < 4.78 is 45.2. The molecule has 4 aromatic rings. The van der Waals surface area contributed by atoms with Gasteiger partial charge in [-0.3, -0.25) is 4.79 Å². The molecule has 1 atom stereocenters. The number of imidazole rings is 1. The summed E-state index contributed by atoms with van der Waals surface area (Å²) in [6, 6.07) is 16.7. The van der Waals surface area contributed by atoms with Crippen LogP contribution < -0.4 is 4.74 Å². The molecule has 5 nitrogen and oxygen atoms in total. The fourth-order valence-electron chi connectivity index (χ4n) is 5.15. The summed E-state index contributed by atoms with van der Waals surface area (Å²) in [6.45, 7) is 4.33. The first-order chi connectivity index (χ1) is 17.1. The van der Waals surface area contributed by atoms with Crippen molar-refractivity contribution >= 4 is 16.9 Å². The number of nitrogens with zero attached hydrogens (tertiary/aromatic N) is 2. The highest BCUT2D eigenvalue weighted by atomic mass is 19.4. The van der Waals surface area contributed by atoms with Gasteiger partial charge in [0.1, 0.15) is 11.6 Å². The van der Waals surface area contributed by atoms with Crippen LogP contribution in [-0.2, 0) is 11.7 Å². The van der Waals surface area contributed by atoms with Crippen LogP contribution in [0.5, 0.6) is 5.75 Å². The van der Waals surface area contributed by atoms with Crippen LogP contribution in [0.2, 0.25) is 0 Å². The molecule has 0 aliphatic carbocycles. The van der Waals surface area contributed by atoms with Crippen LogP contribution >= 0.6 is 0 Å². The average molecular weight is 494 g/mol. The molecule has 5 rings (SSSR count). The Kier molecular flexibility index (Phi) is 5.77. The second kappa shape index (κ2) is 8.69. The van der Waals surface area contributed by atoms with Gasteiger partial charge in [0.15, 0.2) is 0 Å². The highest BCUT2D eigenvalue weighted by Crippen LogP contribution is 2.42. The lowest BCUT2D eigenvalue weighted by atomic mass is 9.92. The minimum Gasteiger partial charge on any atom is -0.496 e. The van der Waals surface area contributed by atoms with Crippen LogP contribution in [0.1, 0.15) is 47.1 Å². The number of likely N-dealkylation sites (tertiary alicyclic amines) is 1. The third kappa shape index (κ3) is 3.90. The van der Waals surface area contributed by atoms with E-state index in [1.165, 1.54) is 6.07 Å². The zero-order valence-corrected chi connectivity index (χ0v) is 20.2. The summed E-state index contributed by atoms with van der Waals surface area (Å²) in [7, 11) is 1.60. The SMILES string of the molecule is COc1ccccc1-c1cccc(C)c1C(=O)N1CCC[C@@]1(C)c1nc2ccc(C(F)(F)F)cc2[nH]1. The smallest absolute Gasteiger partial charge is 0.416 e. The number of halogens is 3. The lowest BCUT2D eigenvalue weighted by Gasteiger charge is -2.34. The summed E-state index contributed by atoms with van der Waals surface area (Å²) in [5.41, 5.74) is 2.19. The summed E-state index contributed by atoms with van der Waals surface area (Å²) in [5, 5.41) is 0. The number of methoxy groups -OCH3 is 1. The zero-order chi connectivity index (χ0) is 25.7. The number of aromatic nitrogens is 2. The number of para-hydroxylation sites is 1. The summed E-state index contributed by atoms with van der Waals surface area (Å²) in [5.74, 6) is 1.000. The number of alkyl halides is 3. The molecule has 0 radical (unpaired) electrons. The molecule has 1 aliphatic heterocycles. The van der Waals surface area contributed by atoms with E-state index in [1.807, 2.05) is 56.3 Å². The molecule has 3 aromatic carbocycles. The number of nitrogens with one attached hydrogen (secondary N) is 1. The molecule has 1 amide bonds. The van der Waals surface area contributed by atoms with Gasteiger partial charge >= 0.3 is 6.18 Å². The number of amides is 1. The van der Waals surface area contributed by atoms with Gasteiger partial charge in [0, 0.05) is 12.1 Å². The van der Waals surface area contributed by atoms with Gasteiger partial charge in [-0.1, -0.05) is 36.4 Å². The number of carbonyl (C=O) groups excluding carboxylic acids is 1. The second-order valence-corrected chi connectivity index (χ2v) is 9.35. The minimum atomic E-state index is -4.45. The molecule has 0 spiro atoms. The largest absolute Gasteiger partial charge is 0.496 e. The Hall–Kier alpha value is -3.81. The zero-order valence-electron chi connectivity index (χ0n) is 20.2. The lowest BCUT2D eigenvalue weighted by Crippen LogP contribution is -2.44. The van der Waals surface area contributed by atoms with Gasteiger partial charge in [0.25, 0.3) is 5.91 Å². The number of hydrogen-bond acceptors (Lipinski definition) is 3. The lowest BCUT2D eigenvalue weighted by molar-refractivity contribution is -0.137. The molecular weight excluding hydrogens is 467 g/mol. The number of carbonyl (C=O) groups is 1. The Bertz CT molecular complexity index is 1460. The van der Waals surface area contributed by atoms with Crippen molar-refractivity contribution in [2.45, 2.75) is 38.4 Å². The number of fused-ring (bicyclic) bond motifs is 1. The van der Waals surface area contributed by atoms with Crippen LogP contribution in [0, 0.1) is 6.92 Å². The normalized spacial score (nSPS) is 18.1. The van der Waals surface area contributed by atoms with E-state index in [0.717, 1.165) is 35.2 Å². The van der Waals surface area contributed by atoms with Gasteiger partial charge in [0.2, 0.25) is 0 Å². The molecule has 1 N–H and O–H groups in total. The van der Waals surface area contributed by atoms with Gasteiger partial charge in [-0.05, 0) is 62.1 Å². The predicted octanol–water partition coefficient (Wildman–Crippen LogP) is 6.72. The molecule has 1 aliphatic rings. The molecule has 8 heteroatoms.